The topological polar surface area (TPSA) is 29.5 Å². The summed E-state index contributed by atoms with van der Waals surface area (Å²) in [6.07, 6.45) is 1.25. The third kappa shape index (κ3) is 5.20. The van der Waals surface area contributed by atoms with Crippen LogP contribution < -0.4 is 0 Å². The maximum absolute atomic E-state index is 10.00. The molecule has 0 bridgehead atoms. The van der Waals surface area contributed by atoms with Crippen molar-refractivity contribution >= 4 is 0 Å². The first kappa shape index (κ1) is 14.5. The smallest absolute Gasteiger partial charge is 0.125 e. The van der Waals surface area contributed by atoms with Crippen molar-refractivity contribution in [2.45, 2.75) is 59.2 Å². The highest BCUT2D eigenvalue weighted by Crippen LogP contribution is 2.14. The monoisotopic (exact) mass is 212 g/mol. The number of hydrogen-bond donors (Lipinski definition) is 1. The second-order valence-corrected chi connectivity index (χ2v) is 4.13. The standard InChI is InChI=1S/C13H24O2/c1-6-13(14,7-2)10-9-12(11(4)5)15-8-3/h11-12,14H,6-8H2,1-5H3. The first-order chi connectivity index (χ1) is 6.99. The predicted molar refractivity (Wildman–Crippen MR) is 63.6 cm³/mol. The van der Waals surface area contributed by atoms with Crippen molar-refractivity contribution in [1.29, 1.82) is 0 Å². The zero-order valence-corrected chi connectivity index (χ0v) is 10.6. The Morgan fingerprint density at radius 3 is 2.07 bits per heavy atom. The lowest BCUT2D eigenvalue weighted by Gasteiger charge is -2.19. The Balaban J connectivity index is 4.56. The van der Waals surface area contributed by atoms with E-state index in [4.69, 9.17) is 4.74 Å². The molecule has 0 aliphatic rings. The molecule has 0 aromatic carbocycles. The Bertz CT molecular complexity index is 218. The molecular weight excluding hydrogens is 188 g/mol. The normalized spacial score (nSPS) is 13.5. The van der Waals surface area contributed by atoms with Gasteiger partial charge < -0.3 is 9.84 Å². The molecular formula is C13H24O2. The molecule has 88 valence electrons. The van der Waals surface area contributed by atoms with Crippen molar-refractivity contribution in [3.05, 3.63) is 0 Å². The van der Waals surface area contributed by atoms with Gasteiger partial charge in [0, 0.05) is 6.61 Å². The molecule has 2 nitrogen and oxygen atoms in total. The molecule has 0 aliphatic carbocycles. The van der Waals surface area contributed by atoms with Gasteiger partial charge in [-0.1, -0.05) is 39.5 Å². The van der Waals surface area contributed by atoms with E-state index in [2.05, 4.69) is 25.7 Å². The van der Waals surface area contributed by atoms with Crippen LogP contribution in [-0.4, -0.2) is 23.4 Å². The van der Waals surface area contributed by atoms with Crippen LogP contribution in [0, 0.1) is 17.8 Å². The van der Waals surface area contributed by atoms with Gasteiger partial charge in [-0.2, -0.15) is 0 Å². The van der Waals surface area contributed by atoms with Crippen LogP contribution in [0.3, 0.4) is 0 Å². The summed E-state index contributed by atoms with van der Waals surface area (Å²) in [5.74, 6) is 6.34. The van der Waals surface area contributed by atoms with E-state index in [9.17, 15) is 5.11 Å². The van der Waals surface area contributed by atoms with Gasteiger partial charge >= 0.3 is 0 Å². The van der Waals surface area contributed by atoms with Crippen LogP contribution in [0.15, 0.2) is 0 Å². The third-order valence-electron chi connectivity index (χ3n) is 2.57. The highest BCUT2D eigenvalue weighted by Gasteiger charge is 2.19. The molecule has 0 heterocycles. The molecule has 1 atom stereocenters. The van der Waals surface area contributed by atoms with Crippen LogP contribution in [0.2, 0.25) is 0 Å². The Morgan fingerprint density at radius 1 is 1.20 bits per heavy atom. The lowest BCUT2D eigenvalue weighted by atomic mass is 9.97. The summed E-state index contributed by atoms with van der Waals surface area (Å²) in [5.41, 5.74) is -0.843. The Kier molecular flexibility index (Phi) is 6.63. The minimum atomic E-state index is -0.843. The maximum Gasteiger partial charge on any atom is 0.125 e. The number of hydrogen-bond acceptors (Lipinski definition) is 2. The molecule has 0 radical (unpaired) electrons. The van der Waals surface area contributed by atoms with E-state index in [0.717, 1.165) is 0 Å². The van der Waals surface area contributed by atoms with Gasteiger partial charge in [-0.25, -0.2) is 0 Å². The van der Waals surface area contributed by atoms with Gasteiger partial charge in [-0.3, -0.25) is 0 Å². The van der Waals surface area contributed by atoms with Crippen molar-refractivity contribution in [3.63, 3.8) is 0 Å². The van der Waals surface area contributed by atoms with Crippen molar-refractivity contribution in [3.8, 4) is 11.8 Å². The van der Waals surface area contributed by atoms with Crippen LogP contribution >= 0.6 is 0 Å². The Morgan fingerprint density at radius 2 is 1.73 bits per heavy atom. The Hall–Kier alpha value is -0.520. The van der Waals surface area contributed by atoms with Crippen molar-refractivity contribution < 1.29 is 9.84 Å². The highest BCUT2D eigenvalue weighted by atomic mass is 16.5. The summed E-state index contributed by atoms with van der Waals surface area (Å²) in [4.78, 5) is 0. The lowest BCUT2D eigenvalue weighted by molar-refractivity contribution is 0.0680. The number of aliphatic hydroxyl groups is 1. The number of rotatable bonds is 5. The number of ether oxygens (including phenoxy) is 1. The van der Waals surface area contributed by atoms with E-state index in [1.165, 1.54) is 0 Å². The molecule has 0 fully saturated rings. The molecule has 0 saturated carbocycles. The summed E-state index contributed by atoms with van der Waals surface area (Å²) >= 11 is 0. The minimum absolute atomic E-state index is 0.0698. The van der Waals surface area contributed by atoms with Crippen LogP contribution in [0.25, 0.3) is 0 Å². The SMILES string of the molecule is CCOC(C#CC(O)(CC)CC)C(C)C. The zero-order valence-electron chi connectivity index (χ0n) is 10.6. The van der Waals surface area contributed by atoms with E-state index in [0.29, 0.717) is 25.4 Å². The minimum Gasteiger partial charge on any atom is -0.378 e. The predicted octanol–water partition coefficient (Wildman–Crippen LogP) is 2.60. The Labute approximate surface area is 94.0 Å². The van der Waals surface area contributed by atoms with Crippen molar-refractivity contribution in [2.24, 2.45) is 5.92 Å². The first-order valence-electron chi connectivity index (χ1n) is 5.85. The summed E-state index contributed by atoms with van der Waals surface area (Å²) in [6.45, 7) is 10.7. The second-order valence-electron chi connectivity index (χ2n) is 4.13. The van der Waals surface area contributed by atoms with Crippen LogP contribution in [0.5, 0.6) is 0 Å². The molecule has 0 rings (SSSR count). The quantitative estimate of drug-likeness (QED) is 0.710. The molecule has 0 aromatic heterocycles. The molecule has 0 aromatic rings. The third-order valence-corrected chi connectivity index (χ3v) is 2.57. The molecule has 0 saturated heterocycles. The summed E-state index contributed by atoms with van der Waals surface area (Å²) in [7, 11) is 0. The van der Waals surface area contributed by atoms with Crippen LogP contribution in [0.4, 0.5) is 0 Å². The van der Waals surface area contributed by atoms with Gasteiger partial charge in [0.25, 0.3) is 0 Å². The van der Waals surface area contributed by atoms with E-state index in [1.807, 2.05) is 20.8 Å². The fourth-order valence-electron chi connectivity index (χ4n) is 1.21. The molecule has 1 N–H and O–H groups in total. The lowest BCUT2D eigenvalue weighted by Crippen LogP contribution is -2.26. The highest BCUT2D eigenvalue weighted by molar-refractivity contribution is 5.16. The van der Waals surface area contributed by atoms with Crippen molar-refractivity contribution in [1.82, 2.24) is 0 Å². The zero-order chi connectivity index (χ0) is 11.9. The molecule has 2 heteroatoms. The van der Waals surface area contributed by atoms with E-state index >= 15 is 0 Å². The summed E-state index contributed by atoms with van der Waals surface area (Å²) < 4.78 is 5.50. The van der Waals surface area contributed by atoms with Gasteiger partial charge in [-0.15, -0.1) is 0 Å². The van der Waals surface area contributed by atoms with Gasteiger partial charge in [-0.05, 0) is 25.7 Å². The van der Waals surface area contributed by atoms with Crippen LogP contribution in [-0.2, 0) is 4.74 Å². The van der Waals surface area contributed by atoms with Gasteiger partial charge in [0.1, 0.15) is 11.7 Å². The average molecular weight is 212 g/mol. The van der Waals surface area contributed by atoms with Crippen molar-refractivity contribution in [2.75, 3.05) is 6.61 Å². The first-order valence-corrected chi connectivity index (χ1v) is 5.85. The van der Waals surface area contributed by atoms with E-state index in [-0.39, 0.29) is 6.10 Å². The van der Waals surface area contributed by atoms with Crippen LogP contribution in [0.1, 0.15) is 47.5 Å². The summed E-state index contributed by atoms with van der Waals surface area (Å²) in [6, 6.07) is 0. The maximum atomic E-state index is 10.00. The fourth-order valence-corrected chi connectivity index (χ4v) is 1.21. The van der Waals surface area contributed by atoms with E-state index in [1.54, 1.807) is 0 Å². The molecule has 1 unspecified atom stereocenters. The molecule has 0 aliphatic heterocycles. The average Bonchev–Trinajstić information content (AvgIpc) is 2.23. The largest absolute Gasteiger partial charge is 0.378 e. The van der Waals surface area contributed by atoms with Gasteiger partial charge in [0.15, 0.2) is 0 Å². The second kappa shape index (κ2) is 6.87. The molecule has 15 heavy (non-hydrogen) atoms. The van der Waals surface area contributed by atoms with Gasteiger partial charge in [0.2, 0.25) is 0 Å². The molecule has 0 spiro atoms. The molecule has 0 amide bonds. The fraction of sp³-hybridized carbons (Fsp3) is 0.846. The summed E-state index contributed by atoms with van der Waals surface area (Å²) in [5, 5.41) is 10.00. The van der Waals surface area contributed by atoms with Gasteiger partial charge in [0.05, 0.1) is 0 Å². The van der Waals surface area contributed by atoms with E-state index < -0.39 is 5.60 Å².